The molecule has 0 radical (unpaired) electrons. The first-order valence-corrected chi connectivity index (χ1v) is 6.45. The summed E-state index contributed by atoms with van der Waals surface area (Å²) < 4.78 is 0. The van der Waals surface area contributed by atoms with Crippen molar-refractivity contribution < 1.29 is 9.90 Å². The largest absolute Gasteiger partial charge is 0.505 e. The summed E-state index contributed by atoms with van der Waals surface area (Å²) in [6, 6.07) is 3.29. The average Bonchev–Trinajstić information content (AvgIpc) is 2.31. The zero-order valence-corrected chi connectivity index (χ0v) is 9.67. The van der Waals surface area contributed by atoms with Crippen molar-refractivity contribution >= 4 is 17.7 Å². The molecule has 0 aliphatic carbocycles. The van der Waals surface area contributed by atoms with Gasteiger partial charge >= 0.3 is 0 Å². The first kappa shape index (κ1) is 11.3. The Labute approximate surface area is 98.5 Å². The van der Waals surface area contributed by atoms with Crippen molar-refractivity contribution in [2.75, 3.05) is 11.5 Å². The molecule has 0 spiro atoms. The van der Waals surface area contributed by atoms with Gasteiger partial charge in [0.1, 0.15) is 5.75 Å². The molecule has 1 fully saturated rings. The van der Waals surface area contributed by atoms with E-state index in [1.54, 1.807) is 6.07 Å². The molecule has 16 heavy (non-hydrogen) atoms. The Morgan fingerprint density at radius 2 is 2.25 bits per heavy atom. The zero-order chi connectivity index (χ0) is 11.4. The van der Waals surface area contributed by atoms with Gasteiger partial charge in [0.25, 0.3) is 5.91 Å². The number of thioether (sulfide) groups is 1. The first-order valence-electron chi connectivity index (χ1n) is 5.30. The highest BCUT2D eigenvalue weighted by atomic mass is 32.2. The summed E-state index contributed by atoms with van der Waals surface area (Å²) in [5.74, 6) is 1.82. The predicted octanol–water partition coefficient (Wildman–Crippen LogP) is 1.41. The van der Waals surface area contributed by atoms with Crippen LogP contribution in [0.2, 0.25) is 0 Å². The van der Waals surface area contributed by atoms with Crippen LogP contribution in [0.1, 0.15) is 23.3 Å². The van der Waals surface area contributed by atoms with Crippen molar-refractivity contribution in [3.05, 3.63) is 24.0 Å². The van der Waals surface area contributed by atoms with E-state index in [0.717, 1.165) is 24.3 Å². The van der Waals surface area contributed by atoms with Gasteiger partial charge in [-0.2, -0.15) is 11.8 Å². The summed E-state index contributed by atoms with van der Waals surface area (Å²) in [7, 11) is 0. The number of carbonyl (C=O) groups is 1. The Kier molecular flexibility index (Phi) is 3.66. The number of hydrogen-bond acceptors (Lipinski definition) is 4. The van der Waals surface area contributed by atoms with E-state index in [4.69, 9.17) is 0 Å². The Hall–Kier alpha value is -1.23. The number of aromatic hydroxyl groups is 1. The minimum Gasteiger partial charge on any atom is -0.505 e. The summed E-state index contributed by atoms with van der Waals surface area (Å²) in [5.41, 5.74) is 0.112. The average molecular weight is 238 g/mol. The highest BCUT2D eigenvalue weighted by molar-refractivity contribution is 7.99. The van der Waals surface area contributed by atoms with E-state index in [1.165, 1.54) is 12.3 Å². The SMILES string of the molecule is O=C(NC1CCSCC1)c1ncccc1O. The van der Waals surface area contributed by atoms with Gasteiger partial charge in [-0.15, -0.1) is 0 Å². The quantitative estimate of drug-likeness (QED) is 0.818. The molecule has 1 aliphatic heterocycles. The third-order valence-electron chi connectivity index (χ3n) is 2.56. The van der Waals surface area contributed by atoms with Crippen LogP contribution in [0.15, 0.2) is 18.3 Å². The van der Waals surface area contributed by atoms with Crippen LogP contribution >= 0.6 is 11.8 Å². The highest BCUT2D eigenvalue weighted by Gasteiger charge is 2.19. The Bertz CT molecular complexity index is 378. The number of carbonyl (C=O) groups excluding carboxylic acids is 1. The molecule has 86 valence electrons. The lowest BCUT2D eigenvalue weighted by Crippen LogP contribution is -2.37. The number of rotatable bonds is 2. The van der Waals surface area contributed by atoms with Crippen molar-refractivity contribution in [3.8, 4) is 5.75 Å². The van der Waals surface area contributed by atoms with Crippen LogP contribution in [-0.2, 0) is 0 Å². The topological polar surface area (TPSA) is 62.2 Å². The van der Waals surface area contributed by atoms with Crippen molar-refractivity contribution in [1.82, 2.24) is 10.3 Å². The van der Waals surface area contributed by atoms with E-state index in [2.05, 4.69) is 10.3 Å². The number of aromatic nitrogens is 1. The maximum Gasteiger partial charge on any atom is 0.273 e. The molecule has 0 bridgehead atoms. The molecule has 4 nitrogen and oxygen atoms in total. The third-order valence-corrected chi connectivity index (χ3v) is 3.61. The van der Waals surface area contributed by atoms with Gasteiger partial charge in [-0.05, 0) is 36.5 Å². The zero-order valence-electron chi connectivity index (χ0n) is 8.85. The van der Waals surface area contributed by atoms with Crippen LogP contribution in [0.3, 0.4) is 0 Å². The lowest BCUT2D eigenvalue weighted by Gasteiger charge is -2.22. The van der Waals surface area contributed by atoms with E-state index < -0.39 is 0 Å². The molecule has 0 atom stereocenters. The second kappa shape index (κ2) is 5.21. The summed E-state index contributed by atoms with van der Waals surface area (Å²) in [6.07, 6.45) is 3.49. The van der Waals surface area contributed by atoms with E-state index in [-0.39, 0.29) is 23.4 Å². The van der Waals surface area contributed by atoms with Gasteiger partial charge in [-0.3, -0.25) is 4.79 Å². The lowest BCUT2D eigenvalue weighted by atomic mass is 10.1. The number of pyridine rings is 1. The molecule has 1 amide bonds. The van der Waals surface area contributed by atoms with Crippen molar-refractivity contribution in [2.45, 2.75) is 18.9 Å². The predicted molar refractivity (Wildman–Crippen MR) is 63.7 cm³/mol. The van der Waals surface area contributed by atoms with Gasteiger partial charge < -0.3 is 10.4 Å². The molecule has 1 aromatic heterocycles. The molecule has 5 heteroatoms. The van der Waals surface area contributed by atoms with E-state index in [1.807, 2.05) is 11.8 Å². The smallest absolute Gasteiger partial charge is 0.273 e. The number of nitrogens with one attached hydrogen (secondary N) is 1. The van der Waals surface area contributed by atoms with Gasteiger partial charge in [0.15, 0.2) is 5.69 Å². The number of hydrogen-bond donors (Lipinski definition) is 2. The normalized spacial score (nSPS) is 17.0. The monoisotopic (exact) mass is 238 g/mol. The van der Waals surface area contributed by atoms with Gasteiger partial charge in [0.05, 0.1) is 0 Å². The second-order valence-electron chi connectivity index (χ2n) is 3.73. The Morgan fingerprint density at radius 1 is 1.50 bits per heavy atom. The van der Waals surface area contributed by atoms with Gasteiger partial charge in [0.2, 0.25) is 0 Å². The minimum atomic E-state index is -0.282. The second-order valence-corrected chi connectivity index (χ2v) is 4.96. The van der Waals surface area contributed by atoms with Crippen LogP contribution in [0.5, 0.6) is 5.75 Å². The van der Waals surface area contributed by atoms with E-state index >= 15 is 0 Å². The summed E-state index contributed by atoms with van der Waals surface area (Å²) in [5, 5.41) is 12.4. The van der Waals surface area contributed by atoms with Crippen LogP contribution in [0.4, 0.5) is 0 Å². The molecular formula is C11H14N2O2S. The molecule has 2 N–H and O–H groups in total. The first-order chi connectivity index (χ1) is 7.77. The lowest BCUT2D eigenvalue weighted by molar-refractivity contribution is 0.0927. The molecule has 1 aliphatic rings. The fourth-order valence-corrected chi connectivity index (χ4v) is 2.77. The fraction of sp³-hybridized carbons (Fsp3) is 0.455. The molecule has 0 unspecified atom stereocenters. The molecular weight excluding hydrogens is 224 g/mol. The van der Waals surface area contributed by atoms with Crippen molar-refractivity contribution in [1.29, 1.82) is 0 Å². The molecule has 2 heterocycles. The van der Waals surface area contributed by atoms with Gasteiger partial charge in [-0.1, -0.05) is 0 Å². The molecule has 1 aromatic rings. The number of amides is 1. The summed E-state index contributed by atoms with van der Waals surface area (Å²) in [4.78, 5) is 15.7. The highest BCUT2D eigenvalue weighted by Crippen LogP contribution is 2.18. The van der Waals surface area contributed by atoms with E-state index in [0.29, 0.717) is 0 Å². The molecule has 0 saturated carbocycles. The summed E-state index contributed by atoms with van der Waals surface area (Å²) >= 11 is 1.91. The van der Waals surface area contributed by atoms with Crippen molar-refractivity contribution in [3.63, 3.8) is 0 Å². The summed E-state index contributed by atoms with van der Waals surface area (Å²) in [6.45, 7) is 0. The minimum absolute atomic E-state index is 0.0646. The van der Waals surface area contributed by atoms with Gasteiger partial charge in [-0.25, -0.2) is 4.98 Å². The molecule has 2 rings (SSSR count). The number of nitrogens with zero attached hydrogens (tertiary/aromatic N) is 1. The molecule has 1 saturated heterocycles. The fourth-order valence-electron chi connectivity index (χ4n) is 1.67. The van der Waals surface area contributed by atoms with Crippen LogP contribution in [0.25, 0.3) is 0 Å². The van der Waals surface area contributed by atoms with E-state index in [9.17, 15) is 9.90 Å². The third kappa shape index (κ3) is 2.66. The van der Waals surface area contributed by atoms with Crippen LogP contribution in [-0.4, -0.2) is 33.5 Å². The Morgan fingerprint density at radius 3 is 2.94 bits per heavy atom. The van der Waals surface area contributed by atoms with Crippen LogP contribution in [0, 0.1) is 0 Å². The van der Waals surface area contributed by atoms with Gasteiger partial charge in [0, 0.05) is 12.2 Å². The molecule has 0 aromatic carbocycles. The maximum atomic E-state index is 11.8. The van der Waals surface area contributed by atoms with Crippen LogP contribution < -0.4 is 5.32 Å². The standard InChI is InChI=1S/C11H14N2O2S/c14-9-2-1-5-12-10(9)11(15)13-8-3-6-16-7-4-8/h1-2,5,8,14H,3-4,6-7H2,(H,13,15). The van der Waals surface area contributed by atoms with Crippen molar-refractivity contribution in [2.24, 2.45) is 0 Å². The Balaban J connectivity index is 2.00. The maximum absolute atomic E-state index is 11.8.